The maximum absolute atomic E-state index is 4.30. The first-order valence-electron chi connectivity index (χ1n) is 7.95. The van der Waals surface area contributed by atoms with E-state index in [1.165, 1.54) is 43.5 Å². The Bertz CT molecular complexity index is 573. The summed E-state index contributed by atoms with van der Waals surface area (Å²) in [5, 5.41) is 14.5. The normalized spacial score (nSPS) is 24.1. The van der Waals surface area contributed by atoms with Crippen molar-refractivity contribution < 1.29 is 0 Å². The molecule has 5 nitrogen and oxygen atoms in total. The van der Waals surface area contributed by atoms with E-state index >= 15 is 0 Å². The predicted octanol–water partition coefficient (Wildman–Crippen LogP) is 2.72. The molecule has 4 rings (SSSR count). The van der Waals surface area contributed by atoms with Crippen LogP contribution in [0.4, 0.5) is 0 Å². The van der Waals surface area contributed by atoms with Crippen LogP contribution in [0.25, 0.3) is 0 Å². The van der Waals surface area contributed by atoms with Crippen molar-refractivity contribution in [2.45, 2.75) is 44.7 Å². The summed E-state index contributed by atoms with van der Waals surface area (Å²) in [6, 6.07) is 4.59. The lowest BCUT2D eigenvalue weighted by Gasteiger charge is -2.37. The van der Waals surface area contributed by atoms with Crippen molar-refractivity contribution in [3.63, 3.8) is 0 Å². The molecule has 1 fully saturated rings. The van der Waals surface area contributed by atoms with Crippen molar-refractivity contribution in [1.82, 2.24) is 25.1 Å². The van der Waals surface area contributed by atoms with Crippen LogP contribution in [0.2, 0.25) is 0 Å². The van der Waals surface area contributed by atoms with Gasteiger partial charge in [-0.3, -0.25) is 4.90 Å². The highest BCUT2D eigenvalue weighted by Crippen LogP contribution is 2.35. The van der Waals surface area contributed by atoms with Gasteiger partial charge < -0.3 is 0 Å². The average Bonchev–Trinajstić information content (AvgIpc) is 3.19. The highest BCUT2D eigenvalue weighted by atomic mass is 32.1. The SMILES string of the molecule is c1csc([C@@H]2c3nnnn3CCN2CC2CCCCC2)c1. The third kappa shape index (κ3) is 2.62. The second-order valence-corrected chi connectivity index (χ2v) is 7.16. The third-order valence-corrected chi connectivity index (χ3v) is 5.72. The fourth-order valence-electron chi connectivity index (χ4n) is 3.73. The third-order valence-electron chi connectivity index (χ3n) is 4.80. The van der Waals surface area contributed by atoms with E-state index in [-0.39, 0.29) is 6.04 Å². The van der Waals surface area contributed by atoms with Crippen LogP contribution >= 0.6 is 11.3 Å². The molecule has 0 aromatic carbocycles. The standard InChI is InChI=1S/C15H21N5S/c1-2-5-12(6-3-1)11-19-8-9-20-15(16-17-18-20)14(19)13-7-4-10-21-13/h4,7,10,12,14H,1-3,5-6,8-9,11H2/t14-/m1/s1. The summed E-state index contributed by atoms with van der Waals surface area (Å²) in [5.41, 5.74) is 0. The lowest BCUT2D eigenvalue weighted by Crippen LogP contribution is -2.41. The topological polar surface area (TPSA) is 46.8 Å². The number of rotatable bonds is 3. The molecule has 1 saturated carbocycles. The molecule has 2 aliphatic rings. The van der Waals surface area contributed by atoms with Crippen molar-refractivity contribution in [2.75, 3.05) is 13.1 Å². The van der Waals surface area contributed by atoms with E-state index in [0.29, 0.717) is 0 Å². The van der Waals surface area contributed by atoms with Crippen molar-refractivity contribution >= 4 is 11.3 Å². The van der Waals surface area contributed by atoms with E-state index in [9.17, 15) is 0 Å². The molecule has 0 amide bonds. The maximum Gasteiger partial charge on any atom is 0.173 e. The highest BCUT2D eigenvalue weighted by molar-refractivity contribution is 7.10. The maximum atomic E-state index is 4.30. The molecular formula is C15H21N5S. The van der Waals surface area contributed by atoms with Crippen LogP contribution in [0.3, 0.4) is 0 Å². The molecule has 1 aliphatic heterocycles. The molecule has 21 heavy (non-hydrogen) atoms. The molecular weight excluding hydrogens is 282 g/mol. The van der Waals surface area contributed by atoms with Crippen molar-refractivity contribution in [3.8, 4) is 0 Å². The highest BCUT2D eigenvalue weighted by Gasteiger charge is 2.33. The number of fused-ring (bicyclic) bond motifs is 1. The molecule has 2 aromatic heterocycles. The molecule has 6 heteroatoms. The van der Waals surface area contributed by atoms with Gasteiger partial charge >= 0.3 is 0 Å². The Kier molecular flexibility index (Phi) is 3.73. The zero-order valence-corrected chi connectivity index (χ0v) is 13.0. The molecule has 0 spiro atoms. The summed E-state index contributed by atoms with van der Waals surface area (Å²) in [4.78, 5) is 3.97. The van der Waals surface area contributed by atoms with Crippen molar-refractivity contribution in [1.29, 1.82) is 0 Å². The van der Waals surface area contributed by atoms with E-state index in [4.69, 9.17) is 0 Å². The summed E-state index contributed by atoms with van der Waals surface area (Å²) >= 11 is 1.81. The fraction of sp³-hybridized carbons (Fsp3) is 0.667. The molecule has 3 heterocycles. The molecule has 0 saturated heterocycles. The molecule has 112 valence electrons. The summed E-state index contributed by atoms with van der Waals surface area (Å²) in [5.74, 6) is 1.86. The van der Waals surface area contributed by atoms with E-state index in [2.05, 4.69) is 37.9 Å². The second kappa shape index (κ2) is 5.85. The minimum absolute atomic E-state index is 0.246. The smallest absolute Gasteiger partial charge is 0.173 e. The molecule has 0 radical (unpaired) electrons. The lowest BCUT2D eigenvalue weighted by atomic mass is 9.88. The van der Waals surface area contributed by atoms with Gasteiger partial charge in [-0.25, -0.2) is 4.68 Å². The zero-order valence-electron chi connectivity index (χ0n) is 12.2. The Labute approximate surface area is 129 Å². The largest absolute Gasteiger partial charge is 0.287 e. The number of hydrogen-bond acceptors (Lipinski definition) is 5. The number of hydrogen-bond donors (Lipinski definition) is 0. The van der Waals surface area contributed by atoms with Gasteiger partial charge in [0.15, 0.2) is 5.82 Å². The van der Waals surface area contributed by atoms with E-state index in [0.717, 1.165) is 24.8 Å². The van der Waals surface area contributed by atoms with E-state index in [1.807, 2.05) is 16.0 Å². The summed E-state index contributed by atoms with van der Waals surface area (Å²) in [6.07, 6.45) is 7.00. The zero-order chi connectivity index (χ0) is 14.1. The van der Waals surface area contributed by atoms with Gasteiger partial charge in [0.05, 0.1) is 6.54 Å². The van der Waals surface area contributed by atoms with Crippen molar-refractivity contribution in [2.24, 2.45) is 5.92 Å². The monoisotopic (exact) mass is 303 g/mol. The van der Waals surface area contributed by atoms with Gasteiger partial charge in [0.1, 0.15) is 6.04 Å². The minimum atomic E-state index is 0.246. The summed E-state index contributed by atoms with van der Waals surface area (Å²) in [6.45, 7) is 3.16. The van der Waals surface area contributed by atoms with Gasteiger partial charge in [-0.2, -0.15) is 0 Å². The Morgan fingerprint density at radius 3 is 2.90 bits per heavy atom. The Balaban J connectivity index is 1.60. The van der Waals surface area contributed by atoms with Crippen LogP contribution in [0.1, 0.15) is 48.8 Å². The van der Waals surface area contributed by atoms with Crippen LogP contribution in [0.5, 0.6) is 0 Å². The lowest BCUT2D eigenvalue weighted by molar-refractivity contribution is 0.134. The van der Waals surface area contributed by atoms with Crippen LogP contribution in [-0.4, -0.2) is 38.2 Å². The van der Waals surface area contributed by atoms with Gasteiger partial charge in [-0.1, -0.05) is 25.3 Å². The van der Waals surface area contributed by atoms with Crippen LogP contribution < -0.4 is 0 Å². The van der Waals surface area contributed by atoms with E-state index < -0.39 is 0 Å². The number of thiophene rings is 1. The molecule has 0 N–H and O–H groups in total. The van der Waals surface area contributed by atoms with Crippen LogP contribution in [0, 0.1) is 5.92 Å². The Morgan fingerprint density at radius 2 is 2.10 bits per heavy atom. The summed E-state index contributed by atoms with van der Waals surface area (Å²) < 4.78 is 1.97. The van der Waals surface area contributed by atoms with Gasteiger partial charge in [0.25, 0.3) is 0 Å². The fourth-order valence-corrected chi connectivity index (χ4v) is 4.59. The number of nitrogens with zero attached hydrogens (tertiary/aromatic N) is 5. The van der Waals surface area contributed by atoms with Gasteiger partial charge in [0.2, 0.25) is 0 Å². The Morgan fingerprint density at radius 1 is 1.19 bits per heavy atom. The van der Waals surface area contributed by atoms with Crippen LogP contribution in [-0.2, 0) is 6.54 Å². The number of tetrazole rings is 1. The first-order valence-corrected chi connectivity index (χ1v) is 8.83. The van der Waals surface area contributed by atoms with Crippen molar-refractivity contribution in [3.05, 3.63) is 28.2 Å². The van der Waals surface area contributed by atoms with Gasteiger partial charge in [-0.15, -0.1) is 16.4 Å². The first kappa shape index (κ1) is 13.4. The van der Waals surface area contributed by atoms with Gasteiger partial charge in [0, 0.05) is 18.0 Å². The first-order chi connectivity index (χ1) is 10.4. The molecule has 0 unspecified atom stereocenters. The predicted molar refractivity (Wildman–Crippen MR) is 82.1 cm³/mol. The van der Waals surface area contributed by atoms with Gasteiger partial charge in [-0.05, 0) is 40.6 Å². The molecule has 1 atom stereocenters. The summed E-state index contributed by atoms with van der Waals surface area (Å²) in [7, 11) is 0. The number of aromatic nitrogens is 4. The quantitative estimate of drug-likeness (QED) is 0.874. The molecule has 2 aromatic rings. The molecule has 1 aliphatic carbocycles. The minimum Gasteiger partial charge on any atom is -0.287 e. The van der Waals surface area contributed by atoms with Crippen LogP contribution in [0.15, 0.2) is 17.5 Å². The van der Waals surface area contributed by atoms with E-state index in [1.54, 1.807) is 0 Å². The molecule has 0 bridgehead atoms. The Hall–Kier alpha value is -1.27. The second-order valence-electron chi connectivity index (χ2n) is 6.18. The average molecular weight is 303 g/mol.